The standard InChI is InChI=1S/C14H18N2O3/c1-4-7-16(3)14(18)12-13(17)15-10-8-9(2)5-6-11(10)19-12/h5-6,8,12H,4,7H2,1-3H3,(H,15,17)/t12-/m0/s1. The fourth-order valence-electron chi connectivity index (χ4n) is 2.03. The average molecular weight is 262 g/mol. The second kappa shape index (κ2) is 5.30. The molecule has 2 amide bonds. The molecule has 1 aliphatic heterocycles. The number of aryl methyl sites for hydroxylation is 1. The number of fused-ring (bicyclic) bond motifs is 1. The molecule has 5 nitrogen and oxygen atoms in total. The predicted octanol–water partition coefficient (Wildman–Crippen LogP) is 1.56. The van der Waals surface area contributed by atoms with Gasteiger partial charge < -0.3 is 15.0 Å². The number of anilines is 1. The summed E-state index contributed by atoms with van der Waals surface area (Å²) < 4.78 is 5.53. The van der Waals surface area contributed by atoms with Gasteiger partial charge in [0, 0.05) is 13.6 Å². The first-order valence-electron chi connectivity index (χ1n) is 6.36. The molecule has 1 aromatic rings. The van der Waals surface area contributed by atoms with Crippen LogP contribution in [0.25, 0.3) is 0 Å². The van der Waals surface area contributed by atoms with Crippen molar-refractivity contribution in [3.05, 3.63) is 23.8 Å². The maximum absolute atomic E-state index is 12.1. The van der Waals surface area contributed by atoms with Gasteiger partial charge in [-0.25, -0.2) is 0 Å². The Kier molecular flexibility index (Phi) is 3.74. The van der Waals surface area contributed by atoms with Gasteiger partial charge >= 0.3 is 0 Å². The van der Waals surface area contributed by atoms with Crippen molar-refractivity contribution < 1.29 is 14.3 Å². The number of nitrogens with one attached hydrogen (secondary N) is 1. The lowest BCUT2D eigenvalue weighted by atomic mass is 10.1. The highest BCUT2D eigenvalue weighted by Gasteiger charge is 2.35. The van der Waals surface area contributed by atoms with Crippen LogP contribution < -0.4 is 10.1 Å². The third-order valence-electron chi connectivity index (χ3n) is 3.04. The molecule has 0 bridgehead atoms. The molecule has 0 aromatic heterocycles. The van der Waals surface area contributed by atoms with E-state index in [2.05, 4.69) is 5.32 Å². The molecule has 102 valence electrons. The van der Waals surface area contributed by atoms with E-state index in [1.807, 2.05) is 26.0 Å². The molecule has 1 aromatic carbocycles. The second-order valence-corrected chi connectivity index (χ2v) is 4.75. The van der Waals surface area contributed by atoms with Gasteiger partial charge in [0.2, 0.25) is 0 Å². The van der Waals surface area contributed by atoms with Gasteiger partial charge in [0.05, 0.1) is 5.69 Å². The Morgan fingerprint density at radius 3 is 2.89 bits per heavy atom. The van der Waals surface area contributed by atoms with Gasteiger partial charge in [-0.2, -0.15) is 0 Å². The Labute approximate surface area is 112 Å². The monoisotopic (exact) mass is 262 g/mol. The summed E-state index contributed by atoms with van der Waals surface area (Å²) in [5, 5.41) is 2.72. The Balaban J connectivity index is 2.19. The molecule has 0 saturated heterocycles. The van der Waals surface area contributed by atoms with E-state index >= 15 is 0 Å². The van der Waals surface area contributed by atoms with Crippen LogP contribution in [0.3, 0.4) is 0 Å². The highest BCUT2D eigenvalue weighted by Crippen LogP contribution is 2.30. The van der Waals surface area contributed by atoms with Gasteiger partial charge in [-0.1, -0.05) is 13.0 Å². The molecule has 2 rings (SSSR count). The number of rotatable bonds is 3. The SMILES string of the molecule is CCCN(C)C(=O)[C@H]1Oc2ccc(C)cc2NC1=O. The van der Waals surface area contributed by atoms with Crippen molar-refractivity contribution in [3.63, 3.8) is 0 Å². The van der Waals surface area contributed by atoms with Gasteiger partial charge in [-0.15, -0.1) is 0 Å². The lowest BCUT2D eigenvalue weighted by Gasteiger charge is -2.28. The molecule has 0 spiro atoms. The van der Waals surface area contributed by atoms with Crippen LogP contribution in [-0.2, 0) is 9.59 Å². The van der Waals surface area contributed by atoms with E-state index in [4.69, 9.17) is 4.74 Å². The van der Waals surface area contributed by atoms with Crippen LogP contribution in [0, 0.1) is 6.92 Å². The predicted molar refractivity (Wildman–Crippen MR) is 72.2 cm³/mol. The summed E-state index contributed by atoms with van der Waals surface area (Å²) >= 11 is 0. The lowest BCUT2D eigenvalue weighted by molar-refractivity contribution is -0.143. The van der Waals surface area contributed by atoms with Crippen molar-refractivity contribution in [2.75, 3.05) is 18.9 Å². The molecule has 0 unspecified atom stereocenters. The van der Waals surface area contributed by atoms with Crippen molar-refractivity contribution >= 4 is 17.5 Å². The van der Waals surface area contributed by atoms with E-state index in [1.165, 1.54) is 4.90 Å². The normalized spacial score (nSPS) is 17.2. The van der Waals surface area contributed by atoms with Crippen molar-refractivity contribution in [2.45, 2.75) is 26.4 Å². The fraction of sp³-hybridized carbons (Fsp3) is 0.429. The van der Waals surface area contributed by atoms with E-state index in [1.54, 1.807) is 13.1 Å². The molecule has 1 atom stereocenters. The molecular formula is C14H18N2O3. The summed E-state index contributed by atoms with van der Waals surface area (Å²) in [6.45, 7) is 4.51. The van der Waals surface area contributed by atoms with E-state index in [0.29, 0.717) is 18.0 Å². The smallest absolute Gasteiger partial charge is 0.275 e. The van der Waals surface area contributed by atoms with Crippen molar-refractivity contribution in [2.24, 2.45) is 0 Å². The number of likely N-dealkylation sites (N-methyl/N-ethyl adjacent to an activating group) is 1. The average Bonchev–Trinajstić information content (AvgIpc) is 2.37. The number of carbonyl (C=O) groups excluding carboxylic acids is 2. The number of benzene rings is 1. The quantitative estimate of drug-likeness (QED) is 0.841. The molecule has 5 heteroatoms. The van der Waals surface area contributed by atoms with Crippen molar-refractivity contribution in [1.82, 2.24) is 4.90 Å². The number of nitrogens with zero attached hydrogens (tertiary/aromatic N) is 1. The zero-order chi connectivity index (χ0) is 14.0. The topological polar surface area (TPSA) is 58.6 Å². The Hall–Kier alpha value is -2.04. The highest BCUT2D eigenvalue weighted by atomic mass is 16.5. The summed E-state index contributed by atoms with van der Waals surface area (Å²) in [6.07, 6.45) is -0.251. The maximum atomic E-state index is 12.1. The zero-order valence-corrected chi connectivity index (χ0v) is 11.4. The molecule has 1 aliphatic rings. The van der Waals surface area contributed by atoms with Crippen LogP contribution in [-0.4, -0.2) is 36.4 Å². The van der Waals surface area contributed by atoms with Crippen molar-refractivity contribution in [1.29, 1.82) is 0 Å². The highest BCUT2D eigenvalue weighted by molar-refractivity contribution is 6.11. The molecule has 0 aliphatic carbocycles. The van der Waals surface area contributed by atoms with Gasteiger partial charge in [-0.3, -0.25) is 9.59 Å². The van der Waals surface area contributed by atoms with E-state index in [9.17, 15) is 9.59 Å². The first kappa shape index (κ1) is 13.4. The minimum Gasteiger partial charge on any atom is -0.468 e. The molecule has 1 heterocycles. The molecule has 0 fully saturated rings. The number of amides is 2. The third kappa shape index (κ3) is 2.70. The molecule has 0 saturated carbocycles. The van der Waals surface area contributed by atoms with Crippen LogP contribution in [0.5, 0.6) is 5.75 Å². The summed E-state index contributed by atoms with van der Waals surface area (Å²) in [5.41, 5.74) is 1.64. The van der Waals surface area contributed by atoms with E-state index in [-0.39, 0.29) is 5.91 Å². The Morgan fingerprint density at radius 1 is 1.47 bits per heavy atom. The number of hydrogen-bond acceptors (Lipinski definition) is 3. The number of ether oxygens (including phenoxy) is 1. The summed E-state index contributed by atoms with van der Waals surface area (Å²) in [5.74, 6) is -0.190. The Bertz CT molecular complexity index is 513. The second-order valence-electron chi connectivity index (χ2n) is 4.75. The number of hydrogen-bond donors (Lipinski definition) is 1. The molecule has 0 radical (unpaired) electrons. The molecular weight excluding hydrogens is 244 g/mol. The van der Waals surface area contributed by atoms with E-state index < -0.39 is 12.0 Å². The molecule has 19 heavy (non-hydrogen) atoms. The Morgan fingerprint density at radius 2 is 2.21 bits per heavy atom. The van der Waals surface area contributed by atoms with Crippen LogP contribution in [0.15, 0.2) is 18.2 Å². The van der Waals surface area contributed by atoms with Gasteiger partial charge in [0.25, 0.3) is 17.9 Å². The lowest BCUT2D eigenvalue weighted by Crippen LogP contribution is -2.49. The number of carbonyl (C=O) groups is 2. The first-order valence-corrected chi connectivity index (χ1v) is 6.36. The van der Waals surface area contributed by atoms with Crippen LogP contribution in [0.4, 0.5) is 5.69 Å². The van der Waals surface area contributed by atoms with E-state index in [0.717, 1.165) is 12.0 Å². The summed E-state index contributed by atoms with van der Waals surface area (Å²) in [4.78, 5) is 25.6. The minimum absolute atomic E-state index is 0.314. The minimum atomic E-state index is -1.09. The van der Waals surface area contributed by atoms with Gasteiger partial charge in [0.1, 0.15) is 5.75 Å². The third-order valence-corrected chi connectivity index (χ3v) is 3.04. The molecule has 1 N–H and O–H groups in total. The summed E-state index contributed by atoms with van der Waals surface area (Å²) in [7, 11) is 1.67. The fourth-order valence-corrected chi connectivity index (χ4v) is 2.03. The zero-order valence-electron chi connectivity index (χ0n) is 11.4. The van der Waals surface area contributed by atoms with Crippen LogP contribution in [0.1, 0.15) is 18.9 Å². The van der Waals surface area contributed by atoms with Gasteiger partial charge in [-0.05, 0) is 31.0 Å². The maximum Gasteiger partial charge on any atom is 0.275 e. The first-order chi connectivity index (χ1) is 9.02. The largest absolute Gasteiger partial charge is 0.468 e. The van der Waals surface area contributed by atoms with Crippen LogP contribution >= 0.6 is 0 Å². The summed E-state index contributed by atoms with van der Waals surface area (Å²) in [6, 6.07) is 5.47. The van der Waals surface area contributed by atoms with Gasteiger partial charge in [0.15, 0.2) is 0 Å². The van der Waals surface area contributed by atoms with Crippen molar-refractivity contribution in [3.8, 4) is 5.75 Å². The van der Waals surface area contributed by atoms with Crippen LogP contribution in [0.2, 0.25) is 0 Å².